The van der Waals surface area contributed by atoms with Gasteiger partial charge in [-0.15, -0.1) is 0 Å². The molecule has 3 rings (SSSR count). The standard InChI is InChI=1S/C23H28N4O5/c1-25(2)16-10-6-14(7-11-16)18-19(23(29)32-5)22(28)24-20(21(18)27(30)31)15-8-12-17(13-9-15)26(3)4/h6-13,18-21H,1-5H3,(H,24,28). The van der Waals surface area contributed by atoms with Crippen LogP contribution < -0.4 is 15.1 Å². The number of anilines is 2. The lowest BCUT2D eigenvalue weighted by molar-refractivity contribution is -0.534. The Balaban J connectivity index is 2.11. The van der Waals surface area contributed by atoms with E-state index >= 15 is 0 Å². The van der Waals surface area contributed by atoms with Crippen LogP contribution in [0.1, 0.15) is 23.1 Å². The van der Waals surface area contributed by atoms with Crippen molar-refractivity contribution in [2.45, 2.75) is 18.0 Å². The van der Waals surface area contributed by atoms with Crippen molar-refractivity contribution >= 4 is 23.3 Å². The fourth-order valence-corrected chi connectivity index (χ4v) is 4.17. The van der Waals surface area contributed by atoms with Crippen molar-refractivity contribution in [3.63, 3.8) is 0 Å². The van der Waals surface area contributed by atoms with Crippen LogP contribution in [0.25, 0.3) is 0 Å². The Morgan fingerprint density at radius 2 is 1.41 bits per heavy atom. The fourth-order valence-electron chi connectivity index (χ4n) is 4.17. The number of methoxy groups -OCH3 is 1. The van der Waals surface area contributed by atoms with Crippen molar-refractivity contribution in [3.05, 3.63) is 69.8 Å². The van der Waals surface area contributed by atoms with Crippen LogP contribution in [0.15, 0.2) is 48.5 Å². The van der Waals surface area contributed by atoms with Gasteiger partial charge in [-0.1, -0.05) is 24.3 Å². The minimum Gasteiger partial charge on any atom is -0.468 e. The number of piperidine rings is 1. The number of ether oxygens (including phenoxy) is 1. The molecule has 9 heteroatoms. The zero-order valence-corrected chi connectivity index (χ0v) is 18.8. The Labute approximate surface area is 187 Å². The largest absolute Gasteiger partial charge is 0.468 e. The normalized spacial score (nSPS) is 22.6. The van der Waals surface area contributed by atoms with Crippen molar-refractivity contribution < 1.29 is 19.2 Å². The second kappa shape index (κ2) is 9.25. The maximum Gasteiger partial charge on any atom is 0.319 e. The number of benzene rings is 2. The number of nitrogens with one attached hydrogen (secondary N) is 1. The van der Waals surface area contributed by atoms with Crippen LogP contribution in [0.3, 0.4) is 0 Å². The quantitative estimate of drug-likeness (QED) is 0.318. The minimum atomic E-state index is -1.32. The molecule has 0 aliphatic carbocycles. The summed E-state index contributed by atoms with van der Waals surface area (Å²) in [7, 11) is 8.73. The van der Waals surface area contributed by atoms with Crippen molar-refractivity contribution in [1.29, 1.82) is 0 Å². The minimum absolute atomic E-state index is 0.412. The van der Waals surface area contributed by atoms with Gasteiger partial charge in [0.1, 0.15) is 12.0 Å². The Bertz CT molecular complexity index is 988. The summed E-state index contributed by atoms with van der Waals surface area (Å²) < 4.78 is 4.85. The number of hydrogen-bond donors (Lipinski definition) is 1. The summed E-state index contributed by atoms with van der Waals surface area (Å²) >= 11 is 0. The van der Waals surface area contributed by atoms with Gasteiger partial charge in [0.25, 0.3) is 0 Å². The van der Waals surface area contributed by atoms with Crippen LogP contribution >= 0.6 is 0 Å². The predicted molar refractivity (Wildman–Crippen MR) is 121 cm³/mol. The topological polar surface area (TPSA) is 105 Å². The second-order valence-corrected chi connectivity index (χ2v) is 8.26. The number of nitrogens with zero attached hydrogens (tertiary/aromatic N) is 3. The molecule has 1 aliphatic rings. The van der Waals surface area contributed by atoms with Gasteiger partial charge in [0.05, 0.1) is 13.0 Å². The third kappa shape index (κ3) is 4.37. The molecule has 1 N–H and O–H groups in total. The molecule has 2 aromatic rings. The maximum atomic E-state index is 13.0. The Morgan fingerprint density at radius 1 is 0.938 bits per heavy atom. The number of amides is 1. The molecule has 32 heavy (non-hydrogen) atoms. The van der Waals surface area contributed by atoms with Crippen molar-refractivity contribution in [2.24, 2.45) is 5.92 Å². The van der Waals surface area contributed by atoms with Crippen LogP contribution in [-0.2, 0) is 14.3 Å². The summed E-state index contributed by atoms with van der Waals surface area (Å²) in [5.74, 6) is -3.69. The van der Waals surface area contributed by atoms with Crippen molar-refractivity contribution in [3.8, 4) is 0 Å². The van der Waals surface area contributed by atoms with Gasteiger partial charge in [-0.2, -0.15) is 0 Å². The van der Waals surface area contributed by atoms with E-state index in [2.05, 4.69) is 5.32 Å². The van der Waals surface area contributed by atoms with Crippen LogP contribution in [0.4, 0.5) is 11.4 Å². The van der Waals surface area contributed by atoms with E-state index in [1.807, 2.05) is 62.3 Å². The molecule has 1 aliphatic heterocycles. The van der Waals surface area contributed by atoms with Gasteiger partial charge < -0.3 is 19.9 Å². The third-order valence-electron chi connectivity index (χ3n) is 5.91. The van der Waals surface area contributed by atoms with E-state index in [1.54, 1.807) is 24.3 Å². The van der Waals surface area contributed by atoms with E-state index in [1.165, 1.54) is 7.11 Å². The van der Waals surface area contributed by atoms with Gasteiger partial charge in [-0.25, -0.2) is 0 Å². The molecule has 1 heterocycles. The highest BCUT2D eigenvalue weighted by molar-refractivity contribution is 6.00. The Morgan fingerprint density at radius 3 is 1.81 bits per heavy atom. The number of rotatable bonds is 6. The highest BCUT2D eigenvalue weighted by Gasteiger charge is 2.55. The average Bonchev–Trinajstić information content (AvgIpc) is 2.77. The van der Waals surface area contributed by atoms with Crippen LogP contribution in [0.2, 0.25) is 0 Å². The Hall–Kier alpha value is -3.62. The maximum absolute atomic E-state index is 13.0. The Kier molecular flexibility index (Phi) is 6.67. The number of hydrogen-bond acceptors (Lipinski definition) is 7. The summed E-state index contributed by atoms with van der Waals surface area (Å²) in [6.07, 6.45) is 0. The third-order valence-corrected chi connectivity index (χ3v) is 5.91. The first-order chi connectivity index (χ1) is 15.1. The molecule has 0 spiro atoms. The molecule has 4 atom stereocenters. The lowest BCUT2D eigenvalue weighted by Gasteiger charge is -2.37. The van der Waals surface area contributed by atoms with Gasteiger partial charge in [0.15, 0.2) is 0 Å². The zero-order valence-electron chi connectivity index (χ0n) is 18.8. The summed E-state index contributed by atoms with van der Waals surface area (Å²) in [5.41, 5.74) is 2.97. The summed E-state index contributed by atoms with van der Waals surface area (Å²) in [4.78, 5) is 41.3. The van der Waals surface area contributed by atoms with Crippen LogP contribution in [-0.4, -0.2) is 58.1 Å². The van der Waals surface area contributed by atoms with Crippen LogP contribution in [0.5, 0.6) is 0 Å². The highest BCUT2D eigenvalue weighted by Crippen LogP contribution is 2.41. The first kappa shape index (κ1) is 23.1. The molecule has 170 valence electrons. The molecule has 1 amide bonds. The first-order valence-electron chi connectivity index (χ1n) is 10.2. The van der Waals surface area contributed by atoms with Crippen molar-refractivity contribution in [1.82, 2.24) is 5.32 Å². The molecule has 0 radical (unpaired) electrons. The van der Waals surface area contributed by atoms with E-state index in [9.17, 15) is 19.7 Å². The summed E-state index contributed by atoms with van der Waals surface area (Å²) in [6, 6.07) is 12.2. The summed E-state index contributed by atoms with van der Waals surface area (Å²) in [5, 5.41) is 15.0. The highest BCUT2D eigenvalue weighted by atomic mass is 16.6. The lowest BCUT2D eigenvalue weighted by Crippen LogP contribution is -2.56. The van der Waals surface area contributed by atoms with Gasteiger partial charge >= 0.3 is 5.97 Å². The number of carbonyl (C=O) groups excluding carboxylic acids is 2. The molecule has 0 bridgehead atoms. The van der Waals surface area contributed by atoms with Crippen molar-refractivity contribution in [2.75, 3.05) is 45.1 Å². The molecule has 9 nitrogen and oxygen atoms in total. The first-order valence-corrected chi connectivity index (χ1v) is 10.2. The lowest BCUT2D eigenvalue weighted by atomic mass is 9.73. The second-order valence-electron chi connectivity index (χ2n) is 8.26. The molecule has 4 unspecified atom stereocenters. The van der Waals surface area contributed by atoms with Gasteiger partial charge in [-0.05, 0) is 35.4 Å². The predicted octanol–water partition coefficient (Wildman–Crippen LogP) is 2.21. The van der Waals surface area contributed by atoms with E-state index in [4.69, 9.17) is 4.74 Å². The van der Waals surface area contributed by atoms with E-state index in [0.29, 0.717) is 11.1 Å². The molecule has 0 aromatic heterocycles. The van der Waals surface area contributed by atoms with E-state index in [-0.39, 0.29) is 0 Å². The van der Waals surface area contributed by atoms with Gasteiger partial charge in [0, 0.05) is 44.5 Å². The molecular formula is C23H28N4O5. The molecular weight excluding hydrogens is 412 g/mol. The smallest absolute Gasteiger partial charge is 0.319 e. The fraction of sp³-hybridized carbons (Fsp3) is 0.391. The molecule has 0 saturated carbocycles. The van der Waals surface area contributed by atoms with Gasteiger partial charge in [0.2, 0.25) is 11.9 Å². The number of carbonyl (C=O) groups is 2. The summed E-state index contributed by atoms with van der Waals surface area (Å²) in [6.45, 7) is 0. The zero-order chi connectivity index (χ0) is 23.6. The molecule has 1 saturated heterocycles. The van der Waals surface area contributed by atoms with E-state index in [0.717, 1.165) is 11.4 Å². The van der Waals surface area contributed by atoms with E-state index < -0.39 is 40.7 Å². The average molecular weight is 441 g/mol. The van der Waals surface area contributed by atoms with Gasteiger partial charge in [-0.3, -0.25) is 19.7 Å². The SMILES string of the molecule is COC(=O)C1C(=O)NC(c2ccc(N(C)C)cc2)C([N+](=O)[O-])C1c1ccc(N(C)C)cc1. The van der Waals surface area contributed by atoms with Crippen LogP contribution in [0, 0.1) is 16.0 Å². The number of esters is 1. The monoisotopic (exact) mass is 440 g/mol. The molecule has 2 aromatic carbocycles. The number of nitro groups is 1. The molecule has 1 fully saturated rings.